The molecule has 0 bridgehead atoms. The summed E-state index contributed by atoms with van der Waals surface area (Å²) in [6, 6.07) is 6.84. The van der Waals surface area contributed by atoms with Gasteiger partial charge in [0.05, 0.1) is 5.75 Å². The number of benzene rings is 1. The summed E-state index contributed by atoms with van der Waals surface area (Å²) in [4.78, 5) is 14.2. The number of amides is 1. The van der Waals surface area contributed by atoms with Gasteiger partial charge in [-0.15, -0.1) is 10.2 Å². The molecule has 2 aromatic rings. The molecule has 1 N–H and O–H groups in total. The van der Waals surface area contributed by atoms with E-state index >= 15 is 0 Å². The van der Waals surface area contributed by atoms with Crippen LogP contribution >= 0.6 is 11.8 Å². The molecule has 1 fully saturated rings. The summed E-state index contributed by atoms with van der Waals surface area (Å²) >= 11 is 1.24. The van der Waals surface area contributed by atoms with Crippen LogP contribution in [0, 0.1) is 12.7 Å². The molecule has 8 heteroatoms. The van der Waals surface area contributed by atoms with Crippen LogP contribution in [0.4, 0.5) is 4.39 Å². The number of halogens is 1. The maximum absolute atomic E-state index is 13.0. The number of piperidine rings is 1. The minimum atomic E-state index is -0.186. The van der Waals surface area contributed by atoms with Crippen molar-refractivity contribution < 1.29 is 13.6 Å². The molecule has 1 aromatic heterocycles. The highest BCUT2D eigenvalue weighted by Gasteiger charge is 2.20. The Hall–Kier alpha value is -1.93. The number of hydrogen-bond donors (Lipinski definition) is 1. The van der Waals surface area contributed by atoms with Gasteiger partial charge in [0.2, 0.25) is 11.8 Å². The number of nitrogens with zero attached hydrogens (tertiary/aromatic N) is 3. The van der Waals surface area contributed by atoms with Crippen molar-refractivity contribution in [1.29, 1.82) is 0 Å². The van der Waals surface area contributed by atoms with Gasteiger partial charge in [-0.2, -0.15) is 0 Å². The average molecular weight is 378 g/mol. The average Bonchev–Trinajstić information content (AvgIpc) is 3.07. The molecule has 2 heterocycles. The number of aryl methyl sites for hydroxylation is 1. The van der Waals surface area contributed by atoms with Crippen LogP contribution in [0.1, 0.15) is 30.2 Å². The van der Waals surface area contributed by atoms with Crippen LogP contribution in [0.3, 0.4) is 0 Å². The molecular weight excluding hydrogens is 355 g/mol. The van der Waals surface area contributed by atoms with Gasteiger partial charge in [0.15, 0.2) is 0 Å². The van der Waals surface area contributed by atoms with Crippen LogP contribution < -0.4 is 5.32 Å². The molecule has 3 rings (SSSR count). The Morgan fingerprint density at radius 1 is 1.31 bits per heavy atom. The van der Waals surface area contributed by atoms with E-state index in [1.54, 1.807) is 6.92 Å². The highest BCUT2D eigenvalue weighted by Crippen LogP contribution is 2.27. The highest BCUT2D eigenvalue weighted by atomic mass is 32.2. The van der Waals surface area contributed by atoms with E-state index in [1.165, 1.54) is 29.5 Å². The first-order chi connectivity index (χ1) is 12.6. The number of likely N-dealkylation sites (tertiary alicyclic amines) is 1. The van der Waals surface area contributed by atoms with E-state index in [1.807, 2.05) is 12.1 Å². The molecule has 0 saturated carbocycles. The molecule has 1 aliphatic rings. The zero-order valence-electron chi connectivity index (χ0n) is 14.8. The maximum atomic E-state index is 13.0. The second kappa shape index (κ2) is 9.14. The second-order valence-electron chi connectivity index (χ2n) is 6.39. The van der Waals surface area contributed by atoms with Gasteiger partial charge < -0.3 is 14.6 Å². The SMILES string of the molecule is Cc1nnc(SCC(=O)NCCN2CCC(c3ccc(F)cc3)CC2)o1. The number of carbonyl (C=O) groups excluding carboxylic acids is 1. The van der Waals surface area contributed by atoms with E-state index in [0.29, 0.717) is 23.6 Å². The molecule has 1 aliphatic heterocycles. The third-order valence-corrected chi connectivity index (χ3v) is 5.33. The fraction of sp³-hybridized carbons (Fsp3) is 0.500. The van der Waals surface area contributed by atoms with E-state index in [0.717, 1.165) is 32.5 Å². The molecule has 0 radical (unpaired) electrons. The monoisotopic (exact) mass is 378 g/mol. The molecule has 1 aromatic carbocycles. The summed E-state index contributed by atoms with van der Waals surface area (Å²) in [6.45, 7) is 5.17. The quantitative estimate of drug-likeness (QED) is 0.747. The first kappa shape index (κ1) is 18.8. The Morgan fingerprint density at radius 2 is 2.04 bits per heavy atom. The van der Waals surface area contributed by atoms with Crippen LogP contribution in [-0.2, 0) is 4.79 Å². The van der Waals surface area contributed by atoms with E-state index in [2.05, 4.69) is 20.4 Å². The van der Waals surface area contributed by atoms with Gasteiger partial charge in [-0.1, -0.05) is 23.9 Å². The molecule has 6 nitrogen and oxygen atoms in total. The third-order valence-electron chi connectivity index (χ3n) is 4.51. The Labute approximate surface area is 156 Å². The van der Waals surface area contributed by atoms with Crippen molar-refractivity contribution >= 4 is 17.7 Å². The van der Waals surface area contributed by atoms with Crippen molar-refractivity contribution in [2.45, 2.75) is 30.9 Å². The molecule has 0 spiro atoms. The van der Waals surface area contributed by atoms with Crippen LogP contribution in [0.15, 0.2) is 33.9 Å². The molecule has 0 unspecified atom stereocenters. The molecule has 140 valence electrons. The lowest BCUT2D eigenvalue weighted by molar-refractivity contribution is -0.118. The van der Waals surface area contributed by atoms with Crippen molar-refractivity contribution in [3.05, 3.63) is 41.5 Å². The largest absolute Gasteiger partial charge is 0.416 e. The summed E-state index contributed by atoms with van der Waals surface area (Å²) < 4.78 is 18.2. The number of carbonyl (C=O) groups is 1. The van der Waals surface area contributed by atoms with Crippen molar-refractivity contribution in [3.63, 3.8) is 0 Å². The van der Waals surface area contributed by atoms with Crippen molar-refractivity contribution in [3.8, 4) is 0 Å². The van der Waals surface area contributed by atoms with E-state index in [9.17, 15) is 9.18 Å². The van der Waals surface area contributed by atoms with Gasteiger partial charge in [0, 0.05) is 20.0 Å². The van der Waals surface area contributed by atoms with Crippen LogP contribution in [0.5, 0.6) is 0 Å². The summed E-state index contributed by atoms with van der Waals surface area (Å²) in [7, 11) is 0. The molecule has 1 saturated heterocycles. The van der Waals surface area contributed by atoms with E-state index in [4.69, 9.17) is 4.42 Å². The number of aromatic nitrogens is 2. The number of hydrogen-bond acceptors (Lipinski definition) is 6. The van der Waals surface area contributed by atoms with Crippen molar-refractivity contribution in [2.75, 3.05) is 31.9 Å². The Balaban J connectivity index is 1.31. The molecule has 0 atom stereocenters. The van der Waals surface area contributed by atoms with Gasteiger partial charge in [0.1, 0.15) is 5.82 Å². The van der Waals surface area contributed by atoms with Gasteiger partial charge >= 0.3 is 0 Å². The Kier molecular flexibility index (Phi) is 6.62. The van der Waals surface area contributed by atoms with Crippen molar-refractivity contribution in [1.82, 2.24) is 20.4 Å². The smallest absolute Gasteiger partial charge is 0.277 e. The summed E-state index contributed by atoms with van der Waals surface area (Å²) in [5.74, 6) is 1.04. The van der Waals surface area contributed by atoms with Crippen molar-refractivity contribution in [2.24, 2.45) is 0 Å². The molecule has 0 aliphatic carbocycles. The van der Waals surface area contributed by atoms with Crippen LogP contribution in [0.25, 0.3) is 0 Å². The van der Waals surface area contributed by atoms with Gasteiger partial charge in [-0.3, -0.25) is 4.79 Å². The third kappa shape index (κ3) is 5.54. The van der Waals surface area contributed by atoms with Gasteiger partial charge in [-0.25, -0.2) is 4.39 Å². The number of rotatable bonds is 7. The zero-order chi connectivity index (χ0) is 18.4. The van der Waals surface area contributed by atoms with Gasteiger partial charge in [-0.05, 0) is 49.5 Å². The first-order valence-electron chi connectivity index (χ1n) is 8.77. The highest BCUT2D eigenvalue weighted by molar-refractivity contribution is 7.99. The Morgan fingerprint density at radius 3 is 2.69 bits per heavy atom. The lowest BCUT2D eigenvalue weighted by atomic mass is 9.89. The minimum absolute atomic E-state index is 0.0351. The minimum Gasteiger partial charge on any atom is -0.416 e. The van der Waals surface area contributed by atoms with Crippen LogP contribution in [-0.4, -0.2) is 52.9 Å². The van der Waals surface area contributed by atoms with E-state index in [-0.39, 0.29) is 17.5 Å². The maximum Gasteiger partial charge on any atom is 0.277 e. The predicted molar refractivity (Wildman–Crippen MR) is 97.6 cm³/mol. The summed E-state index contributed by atoms with van der Waals surface area (Å²) in [5.41, 5.74) is 1.22. The fourth-order valence-electron chi connectivity index (χ4n) is 3.09. The standard InChI is InChI=1S/C18H23FN4O2S/c1-13-21-22-18(25-13)26-12-17(24)20-8-11-23-9-6-15(7-10-23)14-2-4-16(19)5-3-14/h2-5,15H,6-12H2,1H3,(H,20,24). The normalized spacial score (nSPS) is 15.9. The second-order valence-corrected chi connectivity index (χ2v) is 7.32. The zero-order valence-corrected chi connectivity index (χ0v) is 15.6. The number of thioether (sulfide) groups is 1. The lowest BCUT2D eigenvalue weighted by Gasteiger charge is -2.32. The summed E-state index contributed by atoms with van der Waals surface area (Å²) in [5, 5.41) is 10.9. The molecular formula is C18H23FN4O2S. The fourth-order valence-corrected chi connectivity index (χ4v) is 3.73. The van der Waals surface area contributed by atoms with Gasteiger partial charge in [0.25, 0.3) is 5.22 Å². The van der Waals surface area contributed by atoms with E-state index < -0.39 is 0 Å². The molecule has 1 amide bonds. The molecule has 26 heavy (non-hydrogen) atoms. The lowest BCUT2D eigenvalue weighted by Crippen LogP contribution is -2.39. The Bertz CT molecular complexity index is 714. The topological polar surface area (TPSA) is 71.3 Å². The number of nitrogens with one attached hydrogen (secondary N) is 1. The first-order valence-corrected chi connectivity index (χ1v) is 9.76. The van der Waals surface area contributed by atoms with Crippen LogP contribution in [0.2, 0.25) is 0 Å². The predicted octanol–water partition coefficient (Wildman–Crippen LogP) is 2.61. The summed E-state index contributed by atoms with van der Waals surface area (Å²) in [6.07, 6.45) is 2.12.